The first-order valence-corrected chi connectivity index (χ1v) is 9.40. The number of thioether (sulfide) groups is 1. The molecule has 1 amide bonds. The van der Waals surface area contributed by atoms with Crippen LogP contribution < -0.4 is 0 Å². The fourth-order valence-electron chi connectivity index (χ4n) is 2.93. The van der Waals surface area contributed by atoms with Crippen LogP contribution in [0.15, 0.2) is 44.4 Å². The first kappa shape index (κ1) is 16.2. The molecule has 25 heavy (non-hydrogen) atoms. The number of piperidine rings is 1. The monoisotopic (exact) mass is 357 g/mol. The molecule has 3 aromatic rings. The van der Waals surface area contributed by atoms with Crippen molar-refractivity contribution in [2.45, 2.75) is 25.0 Å². The summed E-state index contributed by atoms with van der Waals surface area (Å²) in [6.45, 7) is 3.91. The lowest BCUT2D eigenvalue weighted by molar-refractivity contribution is -0.129. The van der Waals surface area contributed by atoms with Gasteiger partial charge in [-0.2, -0.15) is 0 Å². The second kappa shape index (κ2) is 6.92. The van der Waals surface area contributed by atoms with E-state index >= 15 is 0 Å². The number of carbonyl (C=O) groups excluding carboxylic acids is 1. The smallest absolute Gasteiger partial charge is 0.284 e. The number of nitrogens with zero attached hydrogens (tertiary/aromatic N) is 3. The Bertz CT molecular complexity index is 847. The third kappa shape index (κ3) is 3.56. The first-order chi connectivity index (χ1) is 12.2. The second-order valence-electron chi connectivity index (χ2n) is 6.37. The highest BCUT2D eigenvalue weighted by molar-refractivity contribution is 7.99. The molecule has 0 radical (unpaired) electrons. The Labute approximate surface area is 149 Å². The highest BCUT2D eigenvalue weighted by Gasteiger charge is 2.21. The van der Waals surface area contributed by atoms with Gasteiger partial charge in [0.05, 0.1) is 5.75 Å². The molecule has 7 heteroatoms. The summed E-state index contributed by atoms with van der Waals surface area (Å²) < 4.78 is 11.3. The number of benzene rings is 1. The molecular weight excluding hydrogens is 338 g/mol. The van der Waals surface area contributed by atoms with Gasteiger partial charge in [0.25, 0.3) is 11.1 Å². The predicted octanol–water partition coefficient (Wildman–Crippen LogP) is 3.83. The standard InChI is InChI=1S/C18H19N3O3S/c1-12-6-8-21(9-7-12)16(22)11-25-18-20-19-17(24-18)15-10-13-4-2-3-5-14(13)23-15/h2-5,10,12H,6-9,11H2,1H3. The van der Waals surface area contributed by atoms with Gasteiger partial charge in [0.2, 0.25) is 5.91 Å². The molecule has 4 rings (SSSR count). The van der Waals surface area contributed by atoms with E-state index in [4.69, 9.17) is 8.83 Å². The zero-order valence-electron chi connectivity index (χ0n) is 14.0. The number of aromatic nitrogens is 2. The Balaban J connectivity index is 1.39. The van der Waals surface area contributed by atoms with Crippen LogP contribution in [-0.4, -0.2) is 39.8 Å². The topological polar surface area (TPSA) is 72.4 Å². The maximum absolute atomic E-state index is 12.3. The highest BCUT2D eigenvalue weighted by atomic mass is 32.2. The van der Waals surface area contributed by atoms with Gasteiger partial charge in [-0.15, -0.1) is 10.2 Å². The molecule has 0 aliphatic carbocycles. The van der Waals surface area contributed by atoms with Crippen molar-refractivity contribution in [3.05, 3.63) is 30.3 Å². The summed E-state index contributed by atoms with van der Waals surface area (Å²) >= 11 is 1.27. The summed E-state index contributed by atoms with van der Waals surface area (Å²) in [7, 11) is 0. The number of furan rings is 1. The molecule has 1 aliphatic rings. The molecule has 0 saturated carbocycles. The molecule has 1 fully saturated rings. The second-order valence-corrected chi connectivity index (χ2v) is 7.30. The summed E-state index contributed by atoms with van der Waals surface area (Å²) in [4.78, 5) is 14.2. The van der Waals surface area contributed by atoms with E-state index in [0.717, 1.165) is 36.9 Å². The Kier molecular flexibility index (Phi) is 4.48. The number of amides is 1. The summed E-state index contributed by atoms with van der Waals surface area (Å²) in [5.74, 6) is 2.02. The molecule has 0 bridgehead atoms. The summed E-state index contributed by atoms with van der Waals surface area (Å²) in [6.07, 6.45) is 2.15. The molecule has 2 aromatic heterocycles. The van der Waals surface area contributed by atoms with Crippen molar-refractivity contribution in [3.8, 4) is 11.7 Å². The normalized spacial score (nSPS) is 15.8. The molecule has 1 aromatic carbocycles. The van der Waals surface area contributed by atoms with Crippen LogP contribution in [-0.2, 0) is 4.79 Å². The maximum atomic E-state index is 12.3. The third-order valence-electron chi connectivity index (χ3n) is 4.50. The number of likely N-dealkylation sites (tertiary alicyclic amines) is 1. The number of hydrogen-bond donors (Lipinski definition) is 0. The molecule has 130 valence electrons. The van der Waals surface area contributed by atoms with Crippen molar-refractivity contribution in [3.63, 3.8) is 0 Å². The Morgan fingerprint density at radius 2 is 2.04 bits per heavy atom. The minimum Gasteiger partial charge on any atom is -0.451 e. The average Bonchev–Trinajstić information content (AvgIpc) is 3.26. The van der Waals surface area contributed by atoms with Crippen LogP contribution in [0.25, 0.3) is 22.6 Å². The molecule has 1 saturated heterocycles. The highest BCUT2D eigenvalue weighted by Crippen LogP contribution is 2.29. The van der Waals surface area contributed by atoms with Crippen LogP contribution in [0.3, 0.4) is 0 Å². The quantitative estimate of drug-likeness (QED) is 0.661. The molecule has 0 N–H and O–H groups in total. The predicted molar refractivity (Wildman–Crippen MR) is 95.2 cm³/mol. The van der Waals surface area contributed by atoms with Gasteiger partial charge in [-0.3, -0.25) is 4.79 Å². The van der Waals surface area contributed by atoms with E-state index in [9.17, 15) is 4.79 Å². The van der Waals surface area contributed by atoms with E-state index in [2.05, 4.69) is 17.1 Å². The lowest BCUT2D eigenvalue weighted by Crippen LogP contribution is -2.38. The van der Waals surface area contributed by atoms with Crippen molar-refractivity contribution in [1.82, 2.24) is 15.1 Å². The van der Waals surface area contributed by atoms with E-state index in [1.54, 1.807) is 0 Å². The van der Waals surface area contributed by atoms with E-state index in [0.29, 0.717) is 28.5 Å². The van der Waals surface area contributed by atoms with Gasteiger partial charge in [0.15, 0.2) is 5.76 Å². The van der Waals surface area contributed by atoms with Crippen LogP contribution in [0.5, 0.6) is 0 Å². The number of carbonyl (C=O) groups is 1. The maximum Gasteiger partial charge on any atom is 0.284 e. The van der Waals surface area contributed by atoms with E-state index in [-0.39, 0.29) is 5.91 Å². The van der Waals surface area contributed by atoms with Crippen LogP contribution in [0.1, 0.15) is 19.8 Å². The van der Waals surface area contributed by atoms with Gasteiger partial charge in [-0.25, -0.2) is 0 Å². The third-order valence-corrected chi connectivity index (χ3v) is 5.30. The van der Waals surface area contributed by atoms with Gasteiger partial charge in [-0.05, 0) is 30.9 Å². The largest absolute Gasteiger partial charge is 0.451 e. The van der Waals surface area contributed by atoms with Gasteiger partial charge < -0.3 is 13.7 Å². The van der Waals surface area contributed by atoms with Gasteiger partial charge in [0, 0.05) is 18.5 Å². The van der Waals surface area contributed by atoms with Gasteiger partial charge in [-0.1, -0.05) is 36.9 Å². The van der Waals surface area contributed by atoms with E-state index in [1.165, 1.54) is 11.8 Å². The summed E-state index contributed by atoms with van der Waals surface area (Å²) in [5, 5.41) is 9.40. The van der Waals surface area contributed by atoms with Crippen molar-refractivity contribution >= 4 is 28.6 Å². The molecular formula is C18H19N3O3S. The van der Waals surface area contributed by atoms with E-state index in [1.807, 2.05) is 35.2 Å². The zero-order chi connectivity index (χ0) is 17.2. The van der Waals surface area contributed by atoms with Gasteiger partial charge >= 0.3 is 0 Å². The lowest BCUT2D eigenvalue weighted by atomic mass is 9.99. The molecule has 1 aliphatic heterocycles. The Morgan fingerprint density at radius 3 is 2.84 bits per heavy atom. The number of hydrogen-bond acceptors (Lipinski definition) is 6. The summed E-state index contributed by atoms with van der Waals surface area (Å²) in [6, 6.07) is 9.59. The molecule has 0 spiro atoms. The van der Waals surface area contributed by atoms with Crippen molar-refractivity contribution < 1.29 is 13.6 Å². The van der Waals surface area contributed by atoms with Crippen LogP contribution in [0.4, 0.5) is 0 Å². The molecule has 0 atom stereocenters. The summed E-state index contributed by atoms with van der Waals surface area (Å²) in [5.41, 5.74) is 0.777. The van der Waals surface area contributed by atoms with Crippen molar-refractivity contribution in [1.29, 1.82) is 0 Å². The average molecular weight is 357 g/mol. The fourth-order valence-corrected chi connectivity index (χ4v) is 3.59. The molecule has 0 unspecified atom stereocenters. The van der Waals surface area contributed by atoms with Crippen molar-refractivity contribution in [2.75, 3.05) is 18.8 Å². The van der Waals surface area contributed by atoms with Crippen LogP contribution in [0.2, 0.25) is 0 Å². The molecule has 6 nitrogen and oxygen atoms in total. The van der Waals surface area contributed by atoms with Crippen LogP contribution in [0, 0.1) is 5.92 Å². The lowest BCUT2D eigenvalue weighted by Gasteiger charge is -2.30. The zero-order valence-corrected chi connectivity index (χ0v) is 14.8. The van der Waals surface area contributed by atoms with Crippen molar-refractivity contribution in [2.24, 2.45) is 5.92 Å². The Hall–Kier alpha value is -2.28. The first-order valence-electron chi connectivity index (χ1n) is 8.42. The van der Waals surface area contributed by atoms with Crippen LogP contribution >= 0.6 is 11.8 Å². The van der Waals surface area contributed by atoms with E-state index < -0.39 is 0 Å². The number of para-hydroxylation sites is 1. The fraction of sp³-hybridized carbons (Fsp3) is 0.389. The van der Waals surface area contributed by atoms with Gasteiger partial charge in [0.1, 0.15) is 5.58 Å². The Morgan fingerprint density at radius 1 is 1.24 bits per heavy atom. The molecule has 3 heterocycles. The minimum absolute atomic E-state index is 0.125. The SMILES string of the molecule is CC1CCN(C(=O)CSc2nnc(-c3cc4ccccc4o3)o2)CC1. The minimum atomic E-state index is 0.125. The number of rotatable bonds is 4. The number of fused-ring (bicyclic) bond motifs is 1.